The highest BCUT2D eigenvalue weighted by Gasteiger charge is 2.30. The van der Waals surface area contributed by atoms with Crippen LogP contribution in [0.25, 0.3) is 0 Å². The maximum Gasteiger partial charge on any atom is 0.416 e. The third kappa shape index (κ3) is 3.13. The Labute approximate surface area is 89.3 Å². The number of hydrogen-bond donors (Lipinski definition) is 0. The summed E-state index contributed by atoms with van der Waals surface area (Å²) < 4.78 is 41.4. The standard InChI is InChI=1S/C9H7ClF3NO/c1-15-5-14-8-4-6(9(11,12)13)2-3-7(8)10/h2-5H,1H3. The molecule has 0 amide bonds. The molecule has 1 aromatic rings. The van der Waals surface area contributed by atoms with Gasteiger partial charge in [-0.3, -0.25) is 0 Å². The van der Waals surface area contributed by atoms with Gasteiger partial charge in [-0.25, -0.2) is 4.99 Å². The summed E-state index contributed by atoms with van der Waals surface area (Å²) in [5.74, 6) is 0. The van der Waals surface area contributed by atoms with Crippen molar-refractivity contribution in [2.24, 2.45) is 4.99 Å². The second-order valence-corrected chi connectivity index (χ2v) is 3.04. The molecule has 0 saturated heterocycles. The fourth-order valence-corrected chi connectivity index (χ4v) is 1.06. The highest BCUT2D eigenvalue weighted by molar-refractivity contribution is 6.33. The van der Waals surface area contributed by atoms with E-state index >= 15 is 0 Å². The van der Waals surface area contributed by atoms with Crippen LogP contribution in [0.4, 0.5) is 18.9 Å². The molecule has 0 aliphatic heterocycles. The van der Waals surface area contributed by atoms with Gasteiger partial charge in [-0.15, -0.1) is 0 Å². The summed E-state index contributed by atoms with van der Waals surface area (Å²) in [5.41, 5.74) is -0.775. The number of halogens is 4. The Kier molecular flexibility index (Phi) is 3.57. The van der Waals surface area contributed by atoms with Crippen LogP contribution in [-0.4, -0.2) is 13.5 Å². The van der Waals surface area contributed by atoms with Gasteiger partial charge in [0.1, 0.15) is 0 Å². The number of rotatable bonds is 2. The second kappa shape index (κ2) is 4.53. The number of benzene rings is 1. The SMILES string of the molecule is COC=Nc1cc(C(F)(F)F)ccc1Cl. The van der Waals surface area contributed by atoms with Crippen LogP contribution in [0, 0.1) is 0 Å². The predicted molar refractivity (Wildman–Crippen MR) is 51.6 cm³/mol. The molecule has 0 aromatic heterocycles. The Morgan fingerprint density at radius 1 is 1.40 bits per heavy atom. The molecule has 82 valence electrons. The zero-order valence-electron chi connectivity index (χ0n) is 7.68. The molecule has 0 saturated carbocycles. The number of aliphatic imine (C=N–C) groups is 1. The van der Waals surface area contributed by atoms with Crippen LogP contribution in [0.1, 0.15) is 5.56 Å². The molecule has 0 unspecified atom stereocenters. The molecule has 0 N–H and O–H groups in total. The molecule has 0 bridgehead atoms. The van der Waals surface area contributed by atoms with Gasteiger partial charge in [0.05, 0.1) is 23.4 Å². The van der Waals surface area contributed by atoms with Crippen molar-refractivity contribution in [3.63, 3.8) is 0 Å². The van der Waals surface area contributed by atoms with Crippen molar-refractivity contribution in [3.05, 3.63) is 28.8 Å². The maximum atomic E-state index is 12.3. The van der Waals surface area contributed by atoms with Crippen molar-refractivity contribution in [1.82, 2.24) is 0 Å². The summed E-state index contributed by atoms with van der Waals surface area (Å²) in [7, 11) is 1.34. The molecule has 0 fully saturated rings. The minimum Gasteiger partial charge on any atom is -0.486 e. The smallest absolute Gasteiger partial charge is 0.416 e. The van der Waals surface area contributed by atoms with Crippen LogP contribution in [0.15, 0.2) is 23.2 Å². The Hall–Kier alpha value is -1.23. The van der Waals surface area contributed by atoms with E-state index in [4.69, 9.17) is 11.6 Å². The average Bonchev–Trinajstić information content (AvgIpc) is 2.15. The first-order valence-corrected chi connectivity index (χ1v) is 4.25. The first kappa shape index (κ1) is 11.8. The van der Waals surface area contributed by atoms with Gasteiger partial charge in [-0.1, -0.05) is 11.6 Å². The Bertz CT molecular complexity index is 376. The van der Waals surface area contributed by atoms with E-state index in [1.807, 2.05) is 0 Å². The van der Waals surface area contributed by atoms with E-state index in [0.717, 1.165) is 24.6 Å². The molecule has 0 radical (unpaired) electrons. The molecule has 1 rings (SSSR count). The number of alkyl halides is 3. The molecule has 6 heteroatoms. The summed E-state index contributed by atoms with van der Waals surface area (Å²) >= 11 is 5.65. The van der Waals surface area contributed by atoms with Crippen molar-refractivity contribution >= 4 is 23.7 Å². The van der Waals surface area contributed by atoms with Gasteiger partial charge >= 0.3 is 6.18 Å². The topological polar surface area (TPSA) is 21.6 Å². The molecule has 0 aliphatic rings. The van der Waals surface area contributed by atoms with Crippen LogP contribution in [0.3, 0.4) is 0 Å². The zero-order chi connectivity index (χ0) is 11.5. The molecular weight excluding hydrogens is 231 g/mol. The molecule has 0 atom stereocenters. The quantitative estimate of drug-likeness (QED) is 0.568. The molecule has 0 aliphatic carbocycles. The monoisotopic (exact) mass is 237 g/mol. The van der Waals surface area contributed by atoms with Crippen LogP contribution < -0.4 is 0 Å². The third-order valence-electron chi connectivity index (χ3n) is 1.57. The van der Waals surface area contributed by atoms with Gasteiger partial charge in [0.15, 0.2) is 6.40 Å². The van der Waals surface area contributed by atoms with E-state index in [2.05, 4.69) is 9.73 Å². The van der Waals surface area contributed by atoms with Crippen LogP contribution in [-0.2, 0) is 10.9 Å². The molecule has 0 spiro atoms. The van der Waals surface area contributed by atoms with Crippen molar-refractivity contribution in [2.45, 2.75) is 6.18 Å². The van der Waals surface area contributed by atoms with E-state index in [9.17, 15) is 13.2 Å². The first-order valence-electron chi connectivity index (χ1n) is 3.87. The number of ether oxygens (including phenoxy) is 1. The minimum absolute atomic E-state index is 0.0216. The fourth-order valence-electron chi connectivity index (χ4n) is 0.897. The van der Waals surface area contributed by atoms with Crippen molar-refractivity contribution in [2.75, 3.05) is 7.11 Å². The van der Waals surface area contributed by atoms with Crippen LogP contribution >= 0.6 is 11.6 Å². The van der Waals surface area contributed by atoms with Gasteiger partial charge in [-0.05, 0) is 18.2 Å². The lowest BCUT2D eigenvalue weighted by molar-refractivity contribution is -0.137. The maximum absolute atomic E-state index is 12.3. The summed E-state index contributed by atoms with van der Waals surface area (Å²) in [5, 5.41) is 0.135. The minimum atomic E-state index is -4.40. The summed E-state index contributed by atoms with van der Waals surface area (Å²) in [6, 6.07) is 2.90. The van der Waals surface area contributed by atoms with E-state index < -0.39 is 11.7 Å². The van der Waals surface area contributed by atoms with E-state index in [1.165, 1.54) is 7.11 Å². The van der Waals surface area contributed by atoms with Gasteiger partial charge < -0.3 is 4.74 Å². The van der Waals surface area contributed by atoms with E-state index in [1.54, 1.807) is 0 Å². The highest BCUT2D eigenvalue weighted by Crippen LogP contribution is 2.34. The second-order valence-electron chi connectivity index (χ2n) is 2.63. The van der Waals surface area contributed by atoms with Crippen molar-refractivity contribution in [3.8, 4) is 0 Å². The third-order valence-corrected chi connectivity index (χ3v) is 1.89. The van der Waals surface area contributed by atoms with Gasteiger partial charge in [0.25, 0.3) is 0 Å². The van der Waals surface area contributed by atoms with Crippen LogP contribution in [0.2, 0.25) is 5.02 Å². The molecule has 0 heterocycles. The Morgan fingerprint density at radius 2 is 2.07 bits per heavy atom. The lowest BCUT2D eigenvalue weighted by Gasteiger charge is -2.07. The number of hydrogen-bond acceptors (Lipinski definition) is 2. The zero-order valence-corrected chi connectivity index (χ0v) is 8.43. The predicted octanol–water partition coefficient (Wildman–Crippen LogP) is 3.67. The van der Waals surface area contributed by atoms with Crippen molar-refractivity contribution < 1.29 is 17.9 Å². The fraction of sp³-hybridized carbons (Fsp3) is 0.222. The molecular formula is C9H7ClF3NO. The van der Waals surface area contributed by atoms with E-state index in [0.29, 0.717) is 0 Å². The summed E-state index contributed by atoms with van der Waals surface area (Å²) in [6.07, 6.45) is -3.39. The average molecular weight is 238 g/mol. The van der Waals surface area contributed by atoms with Gasteiger partial charge in [0, 0.05) is 0 Å². The summed E-state index contributed by atoms with van der Waals surface area (Å²) in [4.78, 5) is 3.62. The number of methoxy groups -OCH3 is 1. The highest BCUT2D eigenvalue weighted by atomic mass is 35.5. The normalized spacial score (nSPS) is 12.1. The molecule has 15 heavy (non-hydrogen) atoms. The lowest BCUT2D eigenvalue weighted by atomic mass is 10.2. The van der Waals surface area contributed by atoms with Gasteiger partial charge in [-0.2, -0.15) is 13.2 Å². The van der Waals surface area contributed by atoms with E-state index in [-0.39, 0.29) is 10.7 Å². The van der Waals surface area contributed by atoms with Gasteiger partial charge in [0.2, 0.25) is 0 Å². The van der Waals surface area contributed by atoms with Crippen LogP contribution in [0.5, 0.6) is 0 Å². The molecule has 2 nitrogen and oxygen atoms in total. The largest absolute Gasteiger partial charge is 0.486 e. The summed E-state index contributed by atoms with van der Waals surface area (Å²) in [6.45, 7) is 0. The Balaban J connectivity index is 3.11. The Morgan fingerprint density at radius 3 is 2.60 bits per heavy atom. The lowest BCUT2D eigenvalue weighted by Crippen LogP contribution is -2.04. The first-order chi connectivity index (χ1) is 6.95. The number of nitrogens with zero attached hydrogens (tertiary/aromatic N) is 1. The van der Waals surface area contributed by atoms with Crippen molar-refractivity contribution in [1.29, 1.82) is 0 Å². The molecule has 1 aromatic carbocycles.